The van der Waals surface area contributed by atoms with Gasteiger partial charge in [-0.15, -0.1) is 0 Å². The van der Waals surface area contributed by atoms with E-state index in [1.165, 1.54) is 6.20 Å². The Morgan fingerprint density at radius 1 is 1.40 bits per heavy atom. The molecule has 25 heavy (non-hydrogen) atoms. The van der Waals surface area contributed by atoms with E-state index < -0.39 is 11.4 Å². The molecular weight excluding hydrogens is 323 g/mol. The second-order valence-electron chi connectivity index (χ2n) is 6.78. The lowest BCUT2D eigenvalue weighted by Crippen LogP contribution is -2.70. The average molecular weight is 346 g/mol. The number of hydrogen-bond acceptors (Lipinski definition) is 4. The molecule has 1 aromatic carbocycles. The molecule has 0 spiro atoms. The van der Waals surface area contributed by atoms with Gasteiger partial charge < -0.3 is 15.2 Å². The molecule has 2 heterocycles. The Bertz CT molecular complexity index is 801. The SMILES string of the molecule is COc1ccc2ncc(F)c(CCCC3(C(=O)O)C(C)NC3C)c2c1. The zero-order chi connectivity index (χ0) is 18.2. The number of carboxylic acid groups (broad SMARTS) is 1. The van der Waals surface area contributed by atoms with Crippen LogP contribution in [0.5, 0.6) is 5.75 Å². The number of rotatable bonds is 6. The van der Waals surface area contributed by atoms with Crippen molar-refractivity contribution in [3.05, 3.63) is 35.8 Å². The summed E-state index contributed by atoms with van der Waals surface area (Å²) < 4.78 is 19.6. The Morgan fingerprint density at radius 2 is 2.12 bits per heavy atom. The molecule has 0 amide bonds. The second-order valence-corrected chi connectivity index (χ2v) is 6.78. The third kappa shape index (κ3) is 2.84. The van der Waals surface area contributed by atoms with Crippen LogP contribution in [-0.4, -0.2) is 35.3 Å². The average Bonchev–Trinajstić information content (AvgIpc) is 2.59. The van der Waals surface area contributed by atoms with E-state index in [1.807, 2.05) is 13.8 Å². The van der Waals surface area contributed by atoms with Crippen molar-refractivity contribution in [1.82, 2.24) is 10.3 Å². The van der Waals surface area contributed by atoms with Gasteiger partial charge in [-0.2, -0.15) is 0 Å². The number of aryl methyl sites for hydroxylation is 1. The Kier molecular flexibility index (Phi) is 4.64. The van der Waals surface area contributed by atoms with Crippen molar-refractivity contribution in [1.29, 1.82) is 0 Å². The van der Waals surface area contributed by atoms with Gasteiger partial charge in [0.1, 0.15) is 11.6 Å². The van der Waals surface area contributed by atoms with Gasteiger partial charge in [-0.25, -0.2) is 4.39 Å². The third-order valence-corrected chi connectivity index (χ3v) is 5.59. The summed E-state index contributed by atoms with van der Waals surface area (Å²) in [6.07, 6.45) is 2.79. The van der Waals surface area contributed by atoms with Gasteiger partial charge in [0.2, 0.25) is 0 Å². The number of fused-ring (bicyclic) bond motifs is 1. The maximum atomic E-state index is 14.4. The summed E-state index contributed by atoms with van der Waals surface area (Å²) in [5.74, 6) is -0.500. The van der Waals surface area contributed by atoms with E-state index in [0.717, 1.165) is 5.39 Å². The first kappa shape index (κ1) is 17.6. The molecule has 2 N–H and O–H groups in total. The summed E-state index contributed by atoms with van der Waals surface area (Å²) >= 11 is 0. The number of carboxylic acids is 1. The van der Waals surface area contributed by atoms with Crippen molar-refractivity contribution in [3.63, 3.8) is 0 Å². The molecule has 0 aliphatic carbocycles. The number of nitrogens with one attached hydrogen (secondary N) is 1. The highest BCUT2D eigenvalue weighted by Crippen LogP contribution is 2.41. The molecule has 2 unspecified atom stereocenters. The van der Waals surface area contributed by atoms with E-state index >= 15 is 0 Å². The number of hydrogen-bond donors (Lipinski definition) is 2. The first-order chi connectivity index (χ1) is 11.9. The molecule has 6 heteroatoms. The summed E-state index contributed by atoms with van der Waals surface area (Å²) in [5, 5.41) is 13.6. The number of methoxy groups -OCH3 is 1. The van der Waals surface area contributed by atoms with Crippen molar-refractivity contribution in [2.45, 2.75) is 45.2 Å². The fraction of sp³-hybridized carbons (Fsp3) is 0.474. The molecule has 1 fully saturated rings. The minimum Gasteiger partial charge on any atom is -0.497 e. The zero-order valence-electron chi connectivity index (χ0n) is 14.7. The lowest BCUT2D eigenvalue weighted by molar-refractivity contribution is -0.161. The van der Waals surface area contributed by atoms with Crippen LogP contribution in [0, 0.1) is 11.2 Å². The predicted molar refractivity (Wildman–Crippen MR) is 93.3 cm³/mol. The van der Waals surface area contributed by atoms with Gasteiger partial charge >= 0.3 is 5.97 Å². The van der Waals surface area contributed by atoms with Crippen molar-refractivity contribution >= 4 is 16.9 Å². The zero-order valence-corrected chi connectivity index (χ0v) is 14.7. The van der Waals surface area contributed by atoms with Gasteiger partial charge in [-0.3, -0.25) is 9.78 Å². The molecule has 2 aromatic rings. The minimum atomic E-state index is -0.784. The van der Waals surface area contributed by atoms with Gasteiger partial charge in [0.05, 0.1) is 24.2 Å². The molecule has 0 radical (unpaired) electrons. The Hall–Kier alpha value is -2.21. The molecule has 3 rings (SSSR count). The van der Waals surface area contributed by atoms with Crippen LogP contribution in [0.4, 0.5) is 4.39 Å². The summed E-state index contributed by atoms with van der Waals surface area (Å²) in [4.78, 5) is 15.9. The highest BCUT2D eigenvalue weighted by Gasteiger charge is 2.55. The van der Waals surface area contributed by atoms with Crippen LogP contribution >= 0.6 is 0 Å². The number of benzene rings is 1. The van der Waals surface area contributed by atoms with Gasteiger partial charge in [0.15, 0.2) is 0 Å². The van der Waals surface area contributed by atoms with Gasteiger partial charge in [-0.05, 0) is 56.9 Å². The van der Waals surface area contributed by atoms with Crippen molar-refractivity contribution in [2.75, 3.05) is 7.11 Å². The number of aromatic nitrogens is 1. The van der Waals surface area contributed by atoms with Crippen LogP contribution in [-0.2, 0) is 11.2 Å². The molecule has 1 aromatic heterocycles. The molecule has 2 atom stereocenters. The number of aliphatic carboxylic acids is 1. The fourth-order valence-electron chi connectivity index (χ4n) is 4.00. The molecule has 1 aliphatic heterocycles. The Balaban J connectivity index is 1.83. The van der Waals surface area contributed by atoms with Crippen LogP contribution in [0.2, 0.25) is 0 Å². The maximum absolute atomic E-state index is 14.4. The Morgan fingerprint density at radius 3 is 2.72 bits per heavy atom. The minimum absolute atomic E-state index is 0.0841. The Labute approximate surface area is 146 Å². The summed E-state index contributed by atoms with van der Waals surface area (Å²) in [6, 6.07) is 5.21. The quantitative estimate of drug-likeness (QED) is 0.841. The van der Waals surface area contributed by atoms with Gasteiger partial charge in [0.25, 0.3) is 0 Å². The summed E-state index contributed by atoms with van der Waals surface area (Å²) in [6.45, 7) is 3.78. The first-order valence-electron chi connectivity index (χ1n) is 8.50. The van der Waals surface area contributed by atoms with Gasteiger partial charge in [0, 0.05) is 17.5 Å². The van der Waals surface area contributed by atoms with Crippen molar-refractivity contribution in [3.8, 4) is 5.75 Å². The van der Waals surface area contributed by atoms with Crippen LogP contribution in [0.3, 0.4) is 0 Å². The van der Waals surface area contributed by atoms with E-state index in [2.05, 4.69) is 10.3 Å². The van der Waals surface area contributed by atoms with Crippen LogP contribution < -0.4 is 10.1 Å². The van der Waals surface area contributed by atoms with E-state index in [-0.39, 0.29) is 17.9 Å². The maximum Gasteiger partial charge on any atom is 0.312 e. The predicted octanol–water partition coefficient (Wildman–Crippen LogP) is 3.16. The lowest BCUT2D eigenvalue weighted by atomic mass is 9.65. The van der Waals surface area contributed by atoms with Crippen LogP contribution in [0.1, 0.15) is 32.3 Å². The number of halogens is 1. The highest BCUT2D eigenvalue weighted by molar-refractivity contribution is 5.83. The standard InChI is InChI=1S/C19H23FN2O3/c1-11-19(18(23)24,12(2)22-11)8-4-5-14-15-9-13(25-3)6-7-17(15)21-10-16(14)20/h6-7,9-12,22H,4-5,8H2,1-3H3,(H,23,24). The van der Waals surface area contributed by atoms with Crippen molar-refractivity contribution < 1.29 is 19.0 Å². The molecule has 0 saturated carbocycles. The molecule has 5 nitrogen and oxygen atoms in total. The molecule has 1 saturated heterocycles. The van der Waals surface area contributed by atoms with E-state index in [0.29, 0.717) is 36.1 Å². The monoisotopic (exact) mass is 346 g/mol. The largest absolute Gasteiger partial charge is 0.497 e. The second kappa shape index (κ2) is 6.59. The van der Waals surface area contributed by atoms with Crippen LogP contribution in [0.15, 0.2) is 24.4 Å². The van der Waals surface area contributed by atoms with Crippen molar-refractivity contribution in [2.24, 2.45) is 5.41 Å². The lowest BCUT2D eigenvalue weighted by Gasteiger charge is -2.51. The van der Waals surface area contributed by atoms with E-state index in [4.69, 9.17) is 4.74 Å². The normalized spacial score (nSPS) is 25.6. The van der Waals surface area contributed by atoms with Gasteiger partial charge in [-0.1, -0.05) is 0 Å². The smallest absolute Gasteiger partial charge is 0.312 e. The highest BCUT2D eigenvalue weighted by atomic mass is 19.1. The summed E-state index contributed by atoms with van der Waals surface area (Å²) in [7, 11) is 1.57. The molecular formula is C19H23FN2O3. The number of carbonyl (C=O) groups is 1. The topological polar surface area (TPSA) is 71.5 Å². The van der Waals surface area contributed by atoms with E-state index in [9.17, 15) is 14.3 Å². The fourth-order valence-corrected chi connectivity index (χ4v) is 4.00. The number of pyridine rings is 1. The number of ether oxygens (including phenoxy) is 1. The number of nitrogens with zero attached hydrogens (tertiary/aromatic N) is 1. The van der Waals surface area contributed by atoms with E-state index in [1.54, 1.807) is 25.3 Å². The third-order valence-electron chi connectivity index (χ3n) is 5.59. The summed E-state index contributed by atoms with van der Waals surface area (Å²) in [5.41, 5.74) is 0.492. The molecule has 0 bridgehead atoms. The first-order valence-corrected chi connectivity index (χ1v) is 8.50. The molecule has 1 aliphatic rings. The van der Waals surface area contributed by atoms with Crippen LogP contribution in [0.25, 0.3) is 10.9 Å². The molecule has 134 valence electrons.